The zero-order valence-electron chi connectivity index (χ0n) is 15.0. The van der Waals surface area contributed by atoms with Crippen LogP contribution in [0.15, 0.2) is 72.8 Å². The summed E-state index contributed by atoms with van der Waals surface area (Å²) in [5, 5.41) is 9.74. The number of fused-ring (bicyclic) bond motifs is 8. The molecule has 0 atom stereocenters. The van der Waals surface area contributed by atoms with E-state index in [1.165, 1.54) is 48.9 Å². The Bertz CT molecular complexity index is 1460. The van der Waals surface area contributed by atoms with Gasteiger partial charge < -0.3 is 4.40 Å². The third-order valence-electron chi connectivity index (χ3n) is 5.90. The van der Waals surface area contributed by atoms with Crippen LogP contribution in [0.2, 0.25) is 13.1 Å². The molecule has 0 radical (unpaired) electrons. The van der Waals surface area contributed by atoms with Gasteiger partial charge in [-0.25, -0.2) is 0 Å². The molecule has 0 amide bonds. The molecule has 0 aliphatic heterocycles. The Hall–Kier alpha value is -2.84. The molecule has 0 unspecified atom stereocenters. The average molecular weight is 350 g/mol. The van der Waals surface area contributed by atoms with Gasteiger partial charge in [-0.3, -0.25) is 0 Å². The molecule has 0 aliphatic carbocycles. The summed E-state index contributed by atoms with van der Waals surface area (Å²) >= 11 is 0. The van der Waals surface area contributed by atoms with Gasteiger partial charge >= 0.3 is 0 Å². The summed E-state index contributed by atoms with van der Waals surface area (Å²) < 4.78 is 2.48. The Balaban J connectivity index is 1.93. The Kier molecular flexibility index (Phi) is 2.68. The van der Waals surface area contributed by atoms with E-state index in [1.54, 1.807) is 5.19 Å². The van der Waals surface area contributed by atoms with Crippen LogP contribution in [0.5, 0.6) is 0 Å². The first-order valence-electron chi connectivity index (χ1n) is 9.33. The lowest BCUT2D eigenvalue weighted by Crippen LogP contribution is -2.21. The Labute approximate surface area is 153 Å². The SMILES string of the molecule is C[SiH](C)c1ccc2c(c1)c1cccc3c4c5ccccc5ccc4n2c13. The third-order valence-corrected chi connectivity index (χ3v) is 7.59. The summed E-state index contributed by atoms with van der Waals surface area (Å²) in [4.78, 5) is 0. The van der Waals surface area contributed by atoms with Gasteiger partial charge in [0.15, 0.2) is 0 Å². The number of benzene rings is 4. The van der Waals surface area contributed by atoms with Gasteiger partial charge in [0.25, 0.3) is 0 Å². The number of aromatic nitrogens is 1. The zero-order chi connectivity index (χ0) is 17.4. The van der Waals surface area contributed by atoms with Crippen molar-refractivity contribution in [3.05, 3.63) is 72.8 Å². The van der Waals surface area contributed by atoms with Crippen molar-refractivity contribution >= 4 is 62.9 Å². The van der Waals surface area contributed by atoms with E-state index in [9.17, 15) is 0 Å². The topological polar surface area (TPSA) is 4.41 Å². The van der Waals surface area contributed by atoms with Gasteiger partial charge in [-0.1, -0.05) is 78.9 Å². The lowest BCUT2D eigenvalue weighted by atomic mass is 10.0. The molecule has 0 bridgehead atoms. The molecular formula is C24H19NSi. The molecule has 0 spiro atoms. The maximum absolute atomic E-state index is 2.48. The summed E-state index contributed by atoms with van der Waals surface area (Å²) in [7, 11) is -0.812. The molecule has 2 heterocycles. The number of hydrogen-bond acceptors (Lipinski definition) is 0. The van der Waals surface area contributed by atoms with E-state index >= 15 is 0 Å². The van der Waals surface area contributed by atoms with E-state index in [-0.39, 0.29) is 0 Å². The van der Waals surface area contributed by atoms with Gasteiger partial charge in [-0.15, -0.1) is 0 Å². The molecule has 124 valence electrons. The largest absolute Gasteiger partial charge is 0.308 e. The van der Waals surface area contributed by atoms with Crippen molar-refractivity contribution in [2.24, 2.45) is 0 Å². The van der Waals surface area contributed by atoms with Crippen LogP contribution in [-0.2, 0) is 0 Å². The van der Waals surface area contributed by atoms with Gasteiger partial charge in [-0.2, -0.15) is 0 Å². The lowest BCUT2D eigenvalue weighted by molar-refractivity contribution is 1.37. The molecule has 0 aliphatic rings. The fourth-order valence-corrected chi connectivity index (χ4v) is 5.61. The maximum atomic E-state index is 2.48. The van der Waals surface area contributed by atoms with Gasteiger partial charge in [0, 0.05) is 21.5 Å². The van der Waals surface area contributed by atoms with E-state index in [2.05, 4.69) is 90.3 Å². The maximum Gasteiger partial charge on any atom is 0.0647 e. The van der Waals surface area contributed by atoms with Gasteiger partial charge in [0.1, 0.15) is 0 Å². The van der Waals surface area contributed by atoms with E-state index in [0.717, 1.165) is 0 Å². The first-order valence-corrected chi connectivity index (χ1v) is 12.2. The summed E-state index contributed by atoms with van der Waals surface area (Å²) in [6.07, 6.45) is 0. The second kappa shape index (κ2) is 4.86. The first kappa shape index (κ1) is 14.3. The molecule has 2 heteroatoms. The van der Waals surface area contributed by atoms with Crippen molar-refractivity contribution < 1.29 is 0 Å². The zero-order valence-corrected chi connectivity index (χ0v) is 16.1. The van der Waals surface area contributed by atoms with Crippen molar-refractivity contribution in [1.82, 2.24) is 4.40 Å². The predicted molar refractivity (Wildman–Crippen MR) is 117 cm³/mol. The molecule has 2 aromatic heterocycles. The molecule has 0 saturated carbocycles. The van der Waals surface area contributed by atoms with Crippen LogP contribution in [0.4, 0.5) is 0 Å². The van der Waals surface area contributed by atoms with Crippen molar-refractivity contribution in [2.75, 3.05) is 0 Å². The second-order valence-corrected chi connectivity index (χ2v) is 10.6. The smallest absolute Gasteiger partial charge is 0.0647 e. The molecule has 0 saturated heterocycles. The van der Waals surface area contributed by atoms with Crippen LogP contribution in [0.25, 0.3) is 48.9 Å². The minimum atomic E-state index is -0.812. The predicted octanol–water partition coefficient (Wildman–Crippen LogP) is 5.68. The number of nitrogens with zero attached hydrogens (tertiary/aromatic N) is 1. The highest BCUT2D eigenvalue weighted by molar-refractivity contribution is 6.71. The minimum Gasteiger partial charge on any atom is -0.308 e. The highest BCUT2D eigenvalue weighted by atomic mass is 28.3. The van der Waals surface area contributed by atoms with Gasteiger partial charge in [0.05, 0.1) is 25.3 Å². The van der Waals surface area contributed by atoms with Crippen LogP contribution < -0.4 is 5.19 Å². The number of rotatable bonds is 1. The van der Waals surface area contributed by atoms with E-state index in [0.29, 0.717) is 0 Å². The monoisotopic (exact) mass is 349 g/mol. The summed E-state index contributed by atoms with van der Waals surface area (Å²) in [6, 6.07) is 27.2. The Morgan fingerprint density at radius 1 is 0.654 bits per heavy atom. The van der Waals surface area contributed by atoms with Crippen molar-refractivity contribution in [1.29, 1.82) is 0 Å². The molecule has 1 nitrogen and oxygen atoms in total. The molecule has 6 rings (SSSR count). The van der Waals surface area contributed by atoms with Crippen LogP contribution in [-0.4, -0.2) is 13.2 Å². The quantitative estimate of drug-likeness (QED) is 0.336. The van der Waals surface area contributed by atoms with E-state index in [1.807, 2.05) is 0 Å². The molecule has 26 heavy (non-hydrogen) atoms. The Morgan fingerprint density at radius 2 is 1.42 bits per heavy atom. The van der Waals surface area contributed by atoms with Crippen molar-refractivity contribution in [3.63, 3.8) is 0 Å². The standard InChI is InChI=1S/C24H19NSi/c1-26(2)16-11-13-21-20(14-16)18-8-5-9-19-23-17-7-4-3-6-15(17)10-12-22(23)25(21)24(18)19/h3-14,26H,1-2H3. The van der Waals surface area contributed by atoms with Gasteiger partial charge in [-0.05, 0) is 22.9 Å². The van der Waals surface area contributed by atoms with Gasteiger partial charge in [0.2, 0.25) is 0 Å². The molecular weight excluding hydrogens is 330 g/mol. The highest BCUT2D eigenvalue weighted by Gasteiger charge is 2.18. The summed E-state index contributed by atoms with van der Waals surface area (Å²) in [5.74, 6) is 0. The molecule has 0 N–H and O–H groups in total. The number of para-hydroxylation sites is 1. The Morgan fingerprint density at radius 3 is 2.31 bits per heavy atom. The highest BCUT2D eigenvalue weighted by Crippen LogP contribution is 2.41. The normalized spacial score (nSPS) is 12.6. The summed E-state index contributed by atoms with van der Waals surface area (Å²) in [5.41, 5.74) is 4.02. The fraction of sp³-hybridized carbons (Fsp3) is 0.0833. The molecule has 4 aromatic carbocycles. The van der Waals surface area contributed by atoms with E-state index < -0.39 is 8.80 Å². The van der Waals surface area contributed by atoms with Crippen molar-refractivity contribution in [2.45, 2.75) is 13.1 Å². The van der Waals surface area contributed by atoms with Crippen LogP contribution in [0.1, 0.15) is 0 Å². The third kappa shape index (κ3) is 1.65. The van der Waals surface area contributed by atoms with Crippen LogP contribution in [0, 0.1) is 0 Å². The molecule has 0 fully saturated rings. The fourth-order valence-electron chi connectivity index (χ4n) is 4.63. The molecule has 6 aromatic rings. The lowest BCUT2D eigenvalue weighted by Gasteiger charge is -2.05. The van der Waals surface area contributed by atoms with Crippen LogP contribution in [0.3, 0.4) is 0 Å². The average Bonchev–Trinajstić information content (AvgIpc) is 3.19. The first-order chi connectivity index (χ1) is 12.7. The minimum absolute atomic E-state index is 0.812. The number of hydrogen-bond donors (Lipinski definition) is 0. The van der Waals surface area contributed by atoms with E-state index in [4.69, 9.17) is 0 Å². The van der Waals surface area contributed by atoms with Crippen LogP contribution >= 0.6 is 0 Å². The second-order valence-electron chi connectivity index (χ2n) is 7.65. The van der Waals surface area contributed by atoms with Crippen molar-refractivity contribution in [3.8, 4) is 0 Å². The summed E-state index contributed by atoms with van der Waals surface area (Å²) in [6.45, 7) is 4.80.